The largest absolute Gasteiger partial charge is 0.496 e. The molecule has 0 saturated carbocycles. The fourth-order valence-electron chi connectivity index (χ4n) is 5.65. The molecule has 6 rings (SSSR count). The summed E-state index contributed by atoms with van der Waals surface area (Å²) in [4.78, 5) is 34.9. The fourth-order valence-corrected chi connectivity index (χ4v) is 6.07. The smallest absolute Gasteiger partial charge is 0.280 e. The Balaban J connectivity index is 1.71. The lowest BCUT2D eigenvalue weighted by Gasteiger charge is -2.36. The Kier molecular flexibility index (Phi) is 5.86. The number of aromatic nitrogens is 2. The van der Waals surface area contributed by atoms with Crippen molar-refractivity contribution < 1.29 is 19.1 Å². The molecule has 10 heteroatoms. The van der Waals surface area contributed by atoms with Crippen molar-refractivity contribution >= 4 is 46.4 Å². The Morgan fingerprint density at radius 3 is 2.38 bits per heavy atom. The Hall–Kier alpha value is -4.01. The van der Waals surface area contributed by atoms with Crippen molar-refractivity contribution in [2.45, 2.75) is 25.4 Å². The highest BCUT2D eigenvalue weighted by molar-refractivity contribution is 6.33. The molecule has 1 N–H and O–H groups in total. The molecule has 1 atom stereocenters. The predicted molar refractivity (Wildman–Crippen MR) is 150 cm³/mol. The normalized spacial score (nSPS) is 17.6. The highest BCUT2D eigenvalue weighted by Crippen LogP contribution is 2.55. The molecule has 0 fully saturated rings. The lowest BCUT2D eigenvalue weighted by Crippen LogP contribution is -2.51. The number of benzene rings is 3. The Bertz CT molecular complexity index is 1680. The van der Waals surface area contributed by atoms with E-state index in [0.717, 1.165) is 0 Å². The van der Waals surface area contributed by atoms with Gasteiger partial charge in [-0.15, -0.1) is 0 Å². The van der Waals surface area contributed by atoms with Crippen molar-refractivity contribution in [1.82, 2.24) is 9.55 Å². The molecule has 39 heavy (non-hydrogen) atoms. The van der Waals surface area contributed by atoms with Crippen LogP contribution in [-0.4, -0.2) is 35.6 Å². The lowest BCUT2D eigenvalue weighted by molar-refractivity contribution is -0.119. The van der Waals surface area contributed by atoms with Gasteiger partial charge in [-0.3, -0.25) is 14.5 Å². The van der Waals surface area contributed by atoms with E-state index in [1.165, 1.54) is 12.0 Å². The van der Waals surface area contributed by atoms with E-state index in [4.69, 9.17) is 37.7 Å². The first-order valence-corrected chi connectivity index (χ1v) is 13.0. The molecule has 2 aliphatic rings. The number of carbonyl (C=O) groups excluding carboxylic acids is 2. The molecular weight excluding hydrogens is 539 g/mol. The van der Waals surface area contributed by atoms with Crippen LogP contribution >= 0.6 is 23.2 Å². The van der Waals surface area contributed by atoms with Gasteiger partial charge in [-0.25, -0.2) is 4.98 Å². The lowest BCUT2D eigenvalue weighted by atomic mass is 9.87. The van der Waals surface area contributed by atoms with Crippen molar-refractivity contribution in [3.63, 3.8) is 0 Å². The number of ether oxygens (including phenoxy) is 2. The number of anilines is 2. The maximum Gasteiger partial charge on any atom is 0.280 e. The molecule has 198 valence electrons. The number of imidazole rings is 1. The molecule has 1 aromatic heterocycles. The maximum atomic E-state index is 14.4. The molecule has 8 nitrogen and oxygen atoms in total. The van der Waals surface area contributed by atoms with Gasteiger partial charge in [-0.2, -0.15) is 0 Å². The number of carbonyl (C=O) groups is 2. The van der Waals surface area contributed by atoms with Crippen LogP contribution in [0.5, 0.6) is 11.5 Å². The molecule has 2 aliphatic heterocycles. The third-order valence-electron chi connectivity index (χ3n) is 7.20. The summed E-state index contributed by atoms with van der Waals surface area (Å²) in [7, 11) is 3.10. The SMILES string of the molecule is COc1ccc(N2C(=O)c3nc(-c4ccccc4OC)n(C(C)C)c3[C@@]23C(=O)Nc2cc(Cl)ccc23)cc1Cl. The standard InChI is InChI=1S/C29H24Cl2N4O4/c1-15(2)34-25-24(33-26(34)18-7-5-6-8-22(18)38-3)27(36)35(17-10-12-23(39-4)20(31)14-17)29(25)19-11-9-16(30)13-21(19)32-28(29)37/h5-15H,1-4H3,(H,32,37)/t29-/m0/s1. The molecule has 0 aliphatic carbocycles. The third-order valence-corrected chi connectivity index (χ3v) is 7.73. The molecule has 0 radical (unpaired) electrons. The van der Waals surface area contributed by atoms with Gasteiger partial charge >= 0.3 is 0 Å². The third kappa shape index (κ3) is 3.41. The van der Waals surface area contributed by atoms with Crippen LogP contribution in [0.25, 0.3) is 11.4 Å². The zero-order valence-corrected chi connectivity index (χ0v) is 23.1. The summed E-state index contributed by atoms with van der Waals surface area (Å²) in [5.74, 6) is 0.756. The first-order chi connectivity index (χ1) is 18.7. The van der Waals surface area contributed by atoms with E-state index in [1.54, 1.807) is 43.5 Å². The van der Waals surface area contributed by atoms with E-state index in [9.17, 15) is 9.59 Å². The van der Waals surface area contributed by atoms with Gasteiger partial charge in [-0.1, -0.05) is 41.4 Å². The average molecular weight is 563 g/mol. The van der Waals surface area contributed by atoms with E-state index in [2.05, 4.69) is 5.32 Å². The summed E-state index contributed by atoms with van der Waals surface area (Å²) < 4.78 is 12.9. The quantitative estimate of drug-likeness (QED) is 0.308. The minimum Gasteiger partial charge on any atom is -0.496 e. The number of halogens is 2. The van der Waals surface area contributed by atoms with E-state index in [0.29, 0.717) is 55.6 Å². The van der Waals surface area contributed by atoms with Crippen LogP contribution < -0.4 is 19.7 Å². The second-order valence-corrected chi connectivity index (χ2v) is 10.5. The van der Waals surface area contributed by atoms with Crippen molar-refractivity contribution in [3.05, 3.63) is 87.7 Å². The molecule has 3 heterocycles. The Morgan fingerprint density at radius 2 is 1.69 bits per heavy atom. The monoisotopic (exact) mass is 562 g/mol. The van der Waals surface area contributed by atoms with Gasteiger partial charge < -0.3 is 19.4 Å². The van der Waals surface area contributed by atoms with Crippen molar-refractivity contribution in [3.8, 4) is 22.9 Å². The van der Waals surface area contributed by atoms with Crippen molar-refractivity contribution in [2.75, 3.05) is 24.4 Å². The van der Waals surface area contributed by atoms with Crippen LogP contribution in [0, 0.1) is 0 Å². The van der Waals surface area contributed by atoms with Crippen LogP contribution in [0.15, 0.2) is 60.7 Å². The molecule has 2 amide bonds. The van der Waals surface area contributed by atoms with E-state index >= 15 is 0 Å². The fraction of sp³-hybridized carbons (Fsp3) is 0.207. The number of hydrogen-bond donors (Lipinski definition) is 1. The first-order valence-electron chi connectivity index (χ1n) is 12.3. The summed E-state index contributed by atoms with van der Waals surface area (Å²) >= 11 is 12.8. The topological polar surface area (TPSA) is 85.7 Å². The minimum absolute atomic E-state index is 0.172. The van der Waals surface area contributed by atoms with Gasteiger partial charge in [0.1, 0.15) is 17.3 Å². The molecule has 4 aromatic rings. The minimum atomic E-state index is -1.57. The van der Waals surface area contributed by atoms with Crippen LogP contribution in [-0.2, 0) is 10.3 Å². The maximum absolute atomic E-state index is 14.4. The van der Waals surface area contributed by atoms with Gasteiger partial charge in [0.15, 0.2) is 11.2 Å². The van der Waals surface area contributed by atoms with Crippen LogP contribution in [0.2, 0.25) is 10.0 Å². The molecule has 0 unspecified atom stereocenters. The summed E-state index contributed by atoms with van der Waals surface area (Å²) in [5.41, 5.74) is 1.32. The number of fused-ring (bicyclic) bond motifs is 4. The van der Waals surface area contributed by atoms with Crippen LogP contribution in [0.3, 0.4) is 0 Å². The number of methoxy groups -OCH3 is 2. The van der Waals surface area contributed by atoms with Crippen LogP contribution in [0.1, 0.15) is 41.6 Å². The molecule has 0 bridgehead atoms. The van der Waals surface area contributed by atoms with Gasteiger partial charge in [0, 0.05) is 28.0 Å². The van der Waals surface area contributed by atoms with Gasteiger partial charge in [-0.05, 0) is 56.3 Å². The number of nitrogens with one attached hydrogen (secondary N) is 1. The summed E-state index contributed by atoms with van der Waals surface area (Å²) in [5, 5.41) is 3.73. The van der Waals surface area contributed by atoms with E-state index in [-0.39, 0.29) is 11.7 Å². The summed E-state index contributed by atoms with van der Waals surface area (Å²) in [6.07, 6.45) is 0. The first kappa shape index (κ1) is 25.3. The van der Waals surface area contributed by atoms with Gasteiger partial charge in [0.25, 0.3) is 11.8 Å². The number of amides is 2. The van der Waals surface area contributed by atoms with Gasteiger partial charge in [0.2, 0.25) is 0 Å². The summed E-state index contributed by atoms with van der Waals surface area (Å²) in [6, 6.07) is 17.5. The second-order valence-electron chi connectivity index (χ2n) is 9.61. The van der Waals surface area contributed by atoms with E-state index < -0.39 is 17.4 Å². The molecule has 0 saturated heterocycles. The number of para-hydroxylation sites is 1. The predicted octanol–water partition coefficient (Wildman–Crippen LogP) is 6.31. The van der Waals surface area contributed by atoms with Crippen molar-refractivity contribution in [2.24, 2.45) is 0 Å². The second kappa shape index (κ2) is 9.03. The Morgan fingerprint density at radius 1 is 0.949 bits per heavy atom. The zero-order valence-electron chi connectivity index (χ0n) is 21.6. The average Bonchev–Trinajstić information content (AvgIpc) is 3.52. The highest BCUT2D eigenvalue weighted by atomic mass is 35.5. The zero-order chi connectivity index (χ0) is 27.6. The summed E-state index contributed by atoms with van der Waals surface area (Å²) in [6.45, 7) is 3.98. The Labute approximate surface area is 235 Å². The molecular formula is C29H24Cl2N4O4. The van der Waals surface area contributed by atoms with Crippen LogP contribution in [0.4, 0.5) is 11.4 Å². The number of hydrogen-bond acceptors (Lipinski definition) is 5. The van der Waals surface area contributed by atoms with Crippen molar-refractivity contribution in [1.29, 1.82) is 0 Å². The number of rotatable bonds is 5. The van der Waals surface area contributed by atoms with E-state index in [1.807, 2.05) is 42.7 Å². The molecule has 1 spiro atoms. The highest BCUT2D eigenvalue weighted by Gasteiger charge is 2.64. The number of nitrogens with zero attached hydrogens (tertiary/aromatic N) is 3. The molecule has 3 aromatic carbocycles. The van der Waals surface area contributed by atoms with Gasteiger partial charge in [0.05, 0.1) is 30.5 Å².